The van der Waals surface area contributed by atoms with Crippen molar-refractivity contribution in [1.82, 2.24) is 0 Å². The highest BCUT2D eigenvalue weighted by Crippen LogP contribution is 2.53. The first-order valence-electron chi connectivity index (χ1n) is 7.46. The number of carbonyl (C=O) groups is 1. The van der Waals surface area contributed by atoms with Crippen LogP contribution in [0.1, 0.15) is 26.2 Å². The van der Waals surface area contributed by atoms with E-state index in [4.69, 9.17) is 0 Å². The molecule has 2 aliphatic carbocycles. The van der Waals surface area contributed by atoms with Gasteiger partial charge in [-0.25, -0.2) is 8.42 Å². The summed E-state index contributed by atoms with van der Waals surface area (Å²) in [5, 5.41) is 0. The average molecular weight is 318 g/mol. The number of allylic oxidation sites excluding steroid dienone is 2. The molecule has 4 heteroatoms. The molecule has 0 spiro atoms. The van der Waals surface area contributed by atoms with E-state index in [1.54, 1.807) is 24.3 Å². The van der Waals surface area contributed by atoms with E-state index in [-0.39, 0.29) is 16.6 Å². The van der Waals surface area contributed by atoms with Crippen molar-refractivity contribution in [1.29, 1.82) is 0 Å². The van der Waals surface area contributed by atoms with Crippen LogP contribution in [0.15, 0.2) is 60.5 Å². The van der Waals surface area contributed by atoms with Crippen LogP contribution < -0.4 is 0 Å². The Bertz CT molecular complexity index is 672. The van der Waals surface area contributed by atoms with Crippen molar-refractivity contribution in [2.24, 2.45) is 11.8 Å². The number of benzene rings is 1. The lowest BCUT2D eigenvalue weighted by Crippen LogP contribution is -2.33. The topological polar surface area (TPSA) is 51.2 Å². The zero-order valence-electron chi connectivity index (χ0n) is 12.9. The Morgan fingerprint density at radius 3 is 2.09 bits per heavy atom. The predicted octanol–water partition coefficient (Wildman–Crippen LogP) is 3.58. The summed E-state index contributed by atoms with van der Waals surface area (Å²) in [5.41, 5.74) is 0. The van der Waals surface area contributed by atoms with Gasteiger partial charge in [0.2, 0.25) is 0 Å². The van der Waals surface area contributed by atoms with E-state index in [0.29, 0.717) is 6.42 Å². The third-order valence-electron chi connectivity index (χ3n) is 4.33. The molecule has 22 heavy (non-hydrogen) atoms. The molecule has 0 bridgehead atoms. The van der Waals surface area contributed by atoms with Gasteiger partial charge in [-0.15, -0.1) is 13.2 Å². The van der Waals surface area contributed by atoms with Crippen molar-refractivity contribution >= 4 is 15.6 Å². The Hall–Kier alpha value is -1.68. The van der Waals surface area contributed by atoms with Crippen LogP contribution in [0.3, 0.4) is 0 Å². The summed E-state index contributed by atoms with van der Waals surface area (Å²) in [6, 6.07) is 8.12. The molecule has 2 fully saturated rings. The van der Waals surface area contributed by atoms with Gasteiger partial charge in [-0.05, 0) is 44.2 Å². The second-order valence-corrected chi connectivity index (χ2v) is 8.09. The summed E-state index contributed by atoms with van der Waals surface area (Å²) < 4.78 is 23.6. The molecule has 2 saturated carbocycles. The number of carbonyl (C=O) groups excluding carboxylic acids is 1. The molecule has 3 nitrogen and oxygen atoms in total. The molecule has 2 aliphatic rings. The number of hydrogen-bond acceptors (Lipinski definition) is 3. The Labute approximate surface area is 132 Å². The number of hydrogen-bond donors (Lipinski definition) is 0. The maximum absolute atomic E-state index is 12.5. The van der Waals surface area contributed by atoms with Gasteiger partial charge < -0.3 is 0 Å². The molecule has 2 unspecified atom stereocenters. The fourth-order valence-electron chi connectivity index (χ4n) is 2.59. The molecular formula is C18H22O3S. The van der Waals surface area contributed by atoms with Crippen molar-refractivity contribution in [2.45, 2.75) is 35.8 Å². The molecular weight excluding hydrogens is 296 g/mol. The van der Waals surface area contributed by atoms with E-state index in [2.05, 4.69) is 13.2 Å². The minimum absolute atomic E-state index is 0.208. The van der Waals surface area contributed by atoms with E-state index in [9.17, 15) is 13.2 Å². The van der Waals surface area contributed by atoms with E-state index < -0.39 is 14.6 Å². The van der Waals surface area contributed by atoms with Crippen LogP contribution in [-0.2, 0) is 14.6 Å². The van der Waals surface area contributed by atoms with E-state index in [1.807, 2.05) is 6.08 Å². The van der Waals surface area contributed by atoms with E-state index in [0.717, 1.165) is 5.92 Å². The molecule has 0 radical (unpaired) electrons. The predicted molar refractivity (Wildman–Crippen MR) is 88.3 cm³/mol. The van der Waals surface area contributed by atoms with Crippen LogP contribution in [0.5, 0.6) is 0 Å². The highest BCUT2D eigenvalue weighted by Gasteiger charge is 2.66. The Balaban J connectivity index is 0.000000299. The summed E-state index contributed by atoms with van der Waals surface area (Å²) >= 11 is 0. The van der Waals surface area contributed by atoms with Crippen molar-refractivity contribution in [3.63, 3.8) is 0 Å². The van der Waals surface area contributed by atoms with Gasteiger partial charge in [0.1, 0.15) is 4.75 Å². The highest BCUT2D eigenvalue weighted by atomic mass is 32.2. The summed E-state index contributed by atoms with van der Waals surface area (Å²) in [6.07, 6.45) is 6.72. The monoisotopic (exact) mass is 318 g/mol. The third kappa shape index (κ3) is 2.93. The second kappa shape index (κ2) is 6.21. The van der Waals surface area contributed by atoms with Gasteiger partial charge in [-0.2, -0.15) is 0 Å². The van der Waals surface area contributed by atoms with Crippen LogP contribution in [0.4, 0.5) is 0 Å². The maximum atomic E-state index is 12.5. The van der Waals surface area contributed by atoms with Gasteiger partial charge in [0, 0.05) is 5.92 Å². The lowest BCUT2D eigenvalue weighted by molar-refractivity contribution is -0.117. The molecule has 0 N–H and O–H groups in total. The Morgan fingerprint density at radius 1 is 1.18 bits per heavy atom. The number of rotatable bonds is 5. The molecule has 118 valence electrons. The van der Waals surface area contributed by atoms with Crippen LogP contribution in [0, 0.1) is 11.8 Å². The molecule has 0 aromatic heterocycles. The zero-order chi connectivity index (χ0) is 16.4. The summed E-state index contributed by atoms with van der Waals surface area (Å²) in [4.78, 5) is 11.9. The normalized spacial score (nSPS) is 26.3. The van der Waals surface area contributed by atoms with Crippen molar-refractivity contribution in [3.05, 3.63) is 55.6 Å². The molecule has 1 aromatic rings. The molecule has 1 aromatic carbocycles. The van der Waals surface area contributed by atoms with Gasteiger partial charge in [0.25, 0.3) is 0 Å². The first-order chi connectivity index (χ1) is 10.4. The minimum atomic E-state index is -3.61. The summed E-state index contributed by atoms with van der Waals surface area (Å²) in [7, 11) is -3.61. The Morgan fingerprint density at radius 2 is 1.77 bits per heavy atom. The average Bonchev–Trinajstić information content (AvgIpc) is 3.41. The fourth-order valence-corrected chi connectivity index (χ4v) is 4.79. The van der Waals surface area contributed by atoms with Gasteiger partial charge in [-0.3, -0.25) is 4.79 Å². The zero-order valence-corrected chi connectivity index (χ0v) is 13.7. The van der Waals surface area contributed by atoms with Crippen LogP contribution in [-0.4, -0.2) is 18.9 Å². The number of sulfone groups is 1. The minimum Gasteiger partial charge on any atom is -0.298 e. The third-order valence-corrected chi connectivity index (χ3v) is 6.94. The highest BCUT2D eigenvalue weighted by molar-refractivity contribution is 7.94. The maximum Gasteiger partial charge on any atom is 0.191 e. The Kier molecular flexibility index (Phi) is 4.71. The van der Waals surface area contributed by atoms with Crippen molar-refractivity contribution in [2.75, 3.05) is 0 Å². The summed E-state index contributed by atoms with van der Waals surface area (Å²) in [5.74, 6) is 0.339. The SMILES string of the molecule is C=CC1CC1.C=CC1CC1(C(C)=O)S(=O)(=O)c1ccccc1. The molecule has 2 atom stereocenters. The molecule has 0 amide bonds. The molecule has 3 rings (SSSR count). The van der Waals surface area contributed by atoms with E-state index in [1.165, 1.54) is 31.9 Å². The molecule has 0 heterocycles. The van der Waals surface area contributed by atoms with Crippen LogP contribution >= 0.6 is 0 Å². The van der Waals surface area contributed by atoms with Gasteiger partial charge in [0.05, 0.1) is 4.90 Å². The first kappa shape index (κ1) is 16.7. The lowest BCUT2D eigenvalue weighted by Gasteiger charge is -2.14. The summed E-state index contributed by atoms with van der Waals surface area (Å²) in [6.45, 7) is 8.55. The standard InChI is InChI=1S/C13H14O3S.C5H8/c1-3-11-9-13(11,10(2)14)17(15,16)12-7-5-4-6-8-12;1-2-5-3-4-5/h3-8,11H,1,9H2,2H3;2,5H,1,3-4H2. The fraction of sp³-hybridized carbons (Fsp3) is 0.389. The van der Waals surface area contributed by atoms with Crippen LogP contribution in [0.2, 0.25) is 0 Å². The van der Waals surface area contributed by atoms with Crippen LogP contribution in [0.25, 0.3) is 0 Å². The van der Waals surface area contributed by atoms with Gasteiger partial charge >= 0.3 is 0 Å². The first-order valence-corrected chi connectivity index (χ1v) is 8.94. The second-order valence-electron chi connectivity index (χ2n) is 5.88. The molecule has 0 aliphatic heterocycles. The lowest BCUT2D eigenvalue weighted by atomic mass is 10.2. The number of Topliss-reactive ketones (excluding diaryl/α,β-unsaturated/α-hetero) is 1. The smallest absolute Gasteiger partial charge is 0.191 e. The van der Waals surface area contributed by atoms with E-state index >= 15 is 0 Å². The quantitative estimate of drug-likeness (QED) is 0.780. The molecule has 0 saturated heterocycles. The largest absolute Gasteiger partial charge is 0.298 e. The van der Waals surface area contributed by atoms with Crippen molar-refractivity contribution in [3.8, 4) is 0 Å². The van der Waals surface area contributed by atoms with Gasteiger partial charge in [-0.1, -0.05) is 30.4 Å². The van der Waals surface area contributed by atoms with Gasteiger partial charge in [0.15, 0.2) is 15.6 Å². The number of ketones is 1. The van der Waals surface area contributed by atoms with Crippen molar-refractivity contribution < 1.29 is 13.2 Å².